The number of hydrogen-bond acceptors (Lipinski definition) is 17. The fourth-order valence-corrected chi connectivity index (χ4v) is 7.49. The van der Waals surface area contributed by atoms with Gasteiger partial charge in [0.15, 0.2) is 0 Å². The molecule has 28 nitrogen and oxygen atoms in total. The molecule has 0 spiro atoms. The average molecular weight is 1070 g/mol. The van der Waals surface area contributed by atoms with Crippen LogP contribution in [0.5, 0.6) is 0 Å². The minimum atomic E-state index is -1.82. The van der Waals surface area contributed by atoms with Crippen LogP contribution in [-0.4, -0.2) is 181 Å². The molecule has 0 unspecified atom stereocenters. The van der Waals surface area contributed by atoms with Gasteiger partial charge in [0.25, 0.3) is 0 Å². The molecule has 9 amide bonds. The lowest BCUT2D eigenvalue weighted by atomic mass is 10.0. The predicted molar refractivity (Wildman–Crippen MR) is 268 cm³/mol. The number of carboxylic acid groups (broad SMARTS) is 2. The molecule has 0 aliphatic rings. The highest BCUT2D eigenvalue weighted by Crippen LogP contribution is 2.11. The summed E-state index contributed by atoms with van der Waals surface area (Å²) in [5.41, 5.74) is 17.2. The third-order valence-electron chi connectivity index (χ3n) is 11.2. The lowest BCUT2D eigenvalue weighted by Gasteiger charge is -2.28. The van der Waals surface area contributed by atoms with Crippen molar-refractivity contribution in [3.05, 3.63) is 18.2 Å². The van der Waals surface area contributed by atoms with Crippen molar-refractivity contribution in [2.75, 3.05) is 25.2 Å². The first-order chi connectivity index (χ1) is 34.8. The van der Waals surface area contributed by atoms with Gasteiger partial charge in [-0.25, -0.2) is 9.78 Å². The van der Waals surface area contributed by atoms with Crippen LogP contribution in [0.3, 0.4) is 0 Å². The highest BCUT2D eigenvalue weighted by Gasteiger charge is 2.37. The van der Waals surface area contributed by atoms with E-state index in [4.69, 9.17) is 17.2 Å². The number of H-pyrrole nitrogens is 1. The van der Waals surface area contributed by atoms with Gasteiger partial charge in [0.2, 0.25) is 53.2 Å². The summed E-state index contributed by atoms with van der Waals surface area (Å²) in [6.07, 6.45) is 1.76. The number of primary amides is 1. The molecule has 0 radical (unpaired) electrons. The molecular weight excluding hydrogens is 995 g/mol. The van der Waals surface area contributed by atoms with Crippen LogP contribution in [0.2, 0.25) is 0 Å². The third-order valence-corrected chi connectivity index (χ3v) is 11.8. The first-order valence-electron chi connectivity index (χ1n) is 24.1. The summed E-state index contributed by atoms with van der Waals surface area (Å²) in [5, 5.41) is 59.0. The molecule has 10 atom stereocenters. The Labute approximate surface area is 433 Å². The maximum absolute atomic E-state index is 14.2. The van der Waals surface area contributed by atoms with Crippen molar-refractivity contribution in [1.29, 1.82) is 0 Å². The number of aliphatic carboxylic acids is 2. The molecule has 418 valence electrons. The van der Waals surface area contributed by atoms with Crippen molar-refractivity contribution in [2.45, 2.75) is 159 Å². The number of aromatic amines is 1. The number of hydrogen-bond donors (Lipinski definition) is 16. The molecule has 1 heterocycles. The van der Waals surface area contributed by atoms with Gasteiger partial charge in [-0.2, -0.15) is 11.8 Å². The number of aliphatic hydroxyl groups excluding tert-OH is 2. The van der Waals surface area contributed by atoms with Gasteiger partial charge in [0.1, 0.15) is 48.3 Å². The Morgan fingerprint density at radius 3 is 1.61 bits per heavy atom. The first kappa shape index (κ1) is 65.6. The highest BCUT2D eigenvalue weighted by atomic mass is 32.2. The summed E-state index contributed by atoms with van der Waals surface area (Å²) in [6, 6.07) is -13.4. The molecule has 1 rings (SSSR count). The first-order valence-corrected chi connectivity index (χ1v) is 25.5. The van der Waals surface area contributed by atoms with Gasteiger partial charge in [-0.3, -0.25) is 47.9 Å². The zero-order valence-electron chi connectivity index (χ0n) is 42.6. The van der Waals surface area contributed by atoms with Crippen LogP contribution in [-0.2, 0) is 59.2 Å². The molecule has 0 aliphatic heterocycles. The van der Waals surface area contributed by atoms with Gasteiger partial charge in [-0.15, -0.1) is 0 Å². The summed E-state index contributed by atoms with van der Waals surface area (Å²) in [7, 11) is 0. The van der Waals surface area contributed by atoms with Crippen LogP contribution in [0, 0.1) is 11.8 Å². The lowest BCUT2D eigenvalue weighted by molar-refractivity contribution is -0.144. The number of carboxylic acids is 2. The van der Waals surface area contributed by atoms with E-state index in [2.05, 4.69) is 52.5 Å². The van der Waals surface area contributed by atoms with Crippen LogP contribution in [0.4, 0.5) is 0 Å². The Morgan fingerprint density at radius 1 is 0.635 bits per heavy atom. The second-order valence-electron chi connectivity index (χ2n) is 18.4. The molecule has 0 saturated heterocycles. The van der Waals surface area contributed by atoms with Gasteiger partial charge < -0.3 is 85.1 Å². The number of aromatic nitrogens is 2. The molecule has 19 N–H and O–H groups in total. The predicted octanol–water partition coefficient (Wildman–Crippen LogP) is -4.67. The van der Waals surface area contributed by atoms with E-state index in [0.717, 1.165) is 6.92 Å². The summed E-state index contributed by atoms with van der Waals surface area (Å²) in [4.78, 5) is 151. The summed E-state index contributed by atoms with van der Waals surface area (Å²) in [6.45, 7) is 7.11. The Bertz CT molecular complexity index is 2030. The van der Waals surface area contributed by atoms with Gasteiger partial charge in [0, 0.05) is 31.2 Å². The number of nitrogens with one attached hydrogen (secondary N) is 9. The maximum atomic E-state index is 14.2. The number of unbranched alkanes of at least 4 members (excludes halogenated alkanes) is 1. The van der Waals surface area contributed by atoms with Crippen LogP contribution >= 0.6 is 11.8 Å². The monoisotopic (exact) mass is 1070 g/mol. The molecule has 74 heavy (non-hydrogen) atoms. The fraction of sp³-hybridized carbons (Fsp3) is 0.689. The van der Waals surface area contributed by atoms with E-state index in [9.17, 15) is 73.2 Å². The molecule has 29 heteroatoms. The summed E-state index contributed by atoms with van der Waals surface area (Å²) in [5.74, 6) is -12.0. The topological polar surface area (TPSA) is 472 Å². The Hall–Kier alpha value is -6.43. The molecule has 0 aliphatic carbocycles. The minimum absolute atomic E-state index is 0.0953. The van der Waals surface area contributed by atoms with E-state index in [1.54, 1.807) is 20.1 Å². The molecule has 0 saturated carbocycles. The normalized spacial score (nSPS) is 15.3. The number of aliphatic hydroxyl groups is 2. The van der Waals surface area contributed by atoms with Crippen LogP contribution in [0.15, 0.2) is 12.5 Å². The zero-order valence-corrected chi connectivity index (χ0v) is 43.5. The van der Waals surface area contributed by atoms with E-state index in [1.807, 2.05) is 0 Å². The quantitative estimate of drug-likeness (QED) is 0.0279. The SMILES string of the molecule is CSCC[C@H](NC(=O)[C@H](Cc1cnc[nH]1)NC(=O)[C@H](CCC(N)=O)NC(=O)[C@H](CO)NC(=O)[C@H](CC(C)C)NC(=O)[C@@H](N)CCCCN)C(=O)N[C@H](C(=O)N[C@@H](CCC(=O)O)C(=O)N[C@H](C(=O)O)C(C)C)[C@@H](C)O. The smallest absolute Gasteiger partial charge is 0.326 e. The fourth-order valence-electron chi connectivity index (χ4n) is 7.01. The van der Waals surface area contributed by atoms with Crippen LogP contribution < -0.4 is 59.7 Å². The largest absolute Gasteiger partial charge is 0.481 e. The molecule has 0 bridgehead atoms. The van der Waals surface area contributed by atoms with Gasteiger partial charge >= 0.3 is 11.9 Å². The van der Waals surface area contributed by atoms with Gasteiger partial charge in [0.05, 0.1) is 25.1 Å². The number of nitrogens with zero attached hydrogens (tertiary/aromatic N) is 1. The van der Waals surface area contributed by atoms with Crippen LogP contribution in [0.1, 0.15) is 98.1 Å². The maximum Gasteiger partial charge on any atom is 0.326 e. The van der Waals surface area contributed by atoms with Crippen molar-refractivity contribution in [3.8, 4) is 0 Å². The highest BCUT2D eigenvalue weighted by molar-refractivity contribution is 7.98. The summed E-state index contributed by atoms with van der Waals surface area (Å²) >= 11 is 1.27. The molecule has 1 aromatic rings. The summed E-state index contributed by atoms with van der Waals surface area (Å²) < 4.78 is 0. The Balaban J connectivity index is 3.47. The Kier molecular flexibility index (Phi) is 30.3. The molecule has 1 aromatic heterocycles. The number of thioether (sulfide) groups is 1. The zero-order chi connectivity index (χ0) is 56.2. The van der Waals surface area contributed by atoms with Crippen LogP contribution in [0.25, 0.3) is 0 Å². The van der Waals surface area contributed by atoms with Crippen molar-refractivity contribution >= 4 is 76.9 Å². The number of carbonyl (C=O) groups is 11. The number of amides is 9. The van der Waals surface area contributed by atoms with Gasteiger partial charge in [-0.1, -0.05) is 34.1 Å². The second-order valence-corrected chi connectivity index (χ2v) is 19.4. The molecule has 0 fully saturated rings. The van der Waals surface area contributed by atoms with Crippen molar-refractivity contribution in [1.82, 2.24) is 52.5 Å². The average Bonchev–Trinajstić information content (AvgIpc) is 3.84. The number of imidazole rings is 1. The van der Waals surface area contributed by atoms with Gasteiger partial charge in [-0.05, 0) is 75.8 Å². The number of rotatable bonds is 37. The molecule has 0 aromatic carbocycles. The van der Waals surface area contributed by atoms with E-state index >= 15 is 0 Å². The Morgan fingerprint density at radius 2 is 1.12 bits per heavy atom. The van der Waals surface area contributed by atoms with Crippen molar-refractivity contribution in [2.24, 2.45) is 29.0 Å². The third kappa shape index (κ3) is 24.5. The minimum Gasteiger partial charge on any atom is -0.481 e. The standard InChI is InChI=1S/C45H77N13O15S/c1-22(2)17-30(54-37(64)26(47)9-7-8-15-46)41(68)56-32(20-59)43(70)51-27(10-12-33(48)61)38(65)55-31(18-25-19-49-21-50-25)42(69)52-29(14-16-74-6)40(67)58-36(24(5)60)44(71)53-28(11-13-34(62)63)39(66)57-35(23(3)4)45(72)73/h19,21-24,26-32,35-36,59-60H,7-18,20,46-47H2,1-6H3,(H2,48,61)(H,49,50)(H,51,70)(H,52,69)(H,53,71)(H,54,64)(H,55,65)(H,56,68)(H,57,66)(H,58,67)(H,62,63)(H,72,73)/t24-,26+,27+,28+,29+,30+,31+,32+,35+,36+/m1/s1. The lowest BCUT2D eigenvalue weighted by Crippen LogP contribution is -2.62. The van der Waals surface area contributed by atoms with Crippen molar-refractivity contribution < 1.29 is 73.2 Å². The van der Waals surface area contributed by atoms with E-state index in [0.29, 0.717) is 31.5 Å². The number of nitrogens with two attached hydrogens (primary N) is 3. The van der Waals surface area contributed by atoms with E-state index in [-0.39, 0.29) is 30.9 Å². The molecular formula is C45H77N13O15S. The van der Waals surface area contributed by atoms with Crippen molar-refractivity contribution in [3.63, 3.8) is 0 Å². The van der Waals surface area contributed by atoms with E-state index in [1.165, 1.54) is 38.1 Å². The second kappa shape index (κ2) is 34.1. The number of carbonyl (C=O) groups excluding carboxylic acids is 9. The van der Waals surface area contributed by atoms with E-state index < -0.39 is 164 Å².